The van der Waals surface area contributed by atoms with Gasteiger partial charge in [0.15, 0.2) is 6.10 Å². The Morgan fingerprint density at radius 2 is 1.77 bits per heavy atom. The molecule has 0 saturated carbocycles. The average Bonchev–Trinajstić information content (AvgIpc) is 3.30. The summed E-state index contributed by atoms with van der Waals surface area (Å²) in [5, 5.41) is 0. The smallest absolute Gasteiger partial charge is 0.265 e. The van der Waals surface area contributed by atoms with E-state index in [1.165, 1.54) is 24.0 Å². The number of fused-ring (bicyclic) bond motifs is 2. The second kappa shape index (κ2) is 8.95. The van der Waals surface area contributed by atoms with Crippen LogP contribution in [0.15, 0.2) is 47.4 Å². The van der Waals surface area contributed by atoms with Gasteiger partial charge in [0.05, 0.1) is 18.0 Å². The fourth-order valence-corrected chi connectivity index (χ4v) is 5.61. The molecule has 1 saturated heterocycles. The molecule has 1 fully saturated rings. The van der Waals surface area contributed by atoms with Gasteiger partial charge < -0.3 is 14.5 Å². The summed E-state index contributed by atoms with van der Waals surface area (Å²) in [5.41, 5.74) is 3.61. The van der Waals surface area contributed by atoms with Gasteiger partial charge in [-0.1, -0.05) is 18.2 Å². The van der Waals surface area contributed by atoms with Gasteiger partial charge in [0.1, 0.15) is 5.75 Å². The largest absolute Gasteiger partial charge is 0.476 e. The van der Waals surface area contributed by atoms with E-state index in [0.29, 0.717) is 11.5 Å². The predicted octanol–water partition coefficient (Wildman–Crippen LogP) is 4.07. The number of hydrogen-bond donors (Lipinski definition) is 0. The zero-order valence-corrected chi connectivity index (χ0v) is 18.5. The number of aryl methyl sites for hydroxylation is 2. The first-order valence-corrected chi connectivity index (χ1v) is 12.3. The van der Waals surface area contributed by atoms with Crippen LogP contribution in [0.4, 0.5) is 5.69 Å². The quantitative estimate of drug-likeness (QED) is 0.678. The van der Waals surface area contributed by atoms with E-state index in [1.807, 2.05) is 29.2 Å². The number of rotatable bonds is 4. The van der Waals surface area contributed by atoms with Crippen LogP contribution in [-0.4, -0.2) is 48.2 Å². The van der Waals surface area contributed by atoms with E-state index in [4.69, 9.17) is 4.74 Å². The van der Waals surface area contributed by atoms with Crippen molar-refractivity contribution in [1.29, 1.82) is 0 Å². The Bertz CT molecular complexity index is 986. The SMILES string of the molecule is O=C(C1CN(C(=O)CSc2ccc3c(c2)CCC3)c2ccccc2O1)N1CCCCC1. The summed E-state index contributed by atoms with van der Waals surface area (Å²) in [5.74, 6) is 0.966. The Balaban J connectivity index is 1.30. The molecular formula is C25H28N2O3S. The summed E-state index contributed by atoms with van der Waals surface area (Å²) in [6.45, 7) is 1.83. The van der Waals surface area contributed by atoms with Crippen molar-refractivity contribution in [2.24, 2.45) is 0 Å². The molecule has 162 valence electrons. The molecule has 2 heterocycles. The van der Waals surface area contributed by atoms with Gasteiger partial charge in [-0.05, 0) is 73.9 Å². The topological polar surface area (TPSA) is 49.9 Å². The number of benzene rings is 2. The molecule has 0 spiro atoms. The summed E-state index contributed by atoms with van der Waals surface area (Å²) in [4.78, 5) is 31.1. The van der Waals surface area contributed by atoms with Crippen molar-refractivity contribution in [2.45, 2.75) is 49.5 Å². The zero-order valence-electron chi connectivity index (χ0n) is 17.7. The fourth-order valence-electron chi connectivity index (χ4n) is 4.78. The van der Waals surface area contributed by atoms with E-state index in [0.717, 1.165) is 49.4 Å². The maximum atomic E-state index is 13.2. The molecule has 5 rings (SSSR count). The van der Waals surface area contributed by atoms with Crippen LogP contribution in [0.1, 0.15) is 36.8 Å². The third kappa shape index (κ3) is 4.31. The molecular weight excluding hydrogens is 408 g/mol. The first-order valence-electron chi connectivity index (χ1n) is 11.3. The summed E-state index contributed by atoms with van der Waals surface area (Å²) in [6.07, 6.45) is 6.12. The van der Waals surface area contributed by atoms with Gasteiger partial charge in [-0.15, -0.1) is 11.8 Å². The Labute approximate surface area is 187 Å². The summed E-state index contributed by atoms with van der Waals surface area (Å²) < 4.78 is 6.05. The lowest BCUT2D eigenvalue weighted by Crippen LogP contribution is -2.53. The highest BCUT2D eigenvalue weighted by molar-refractivity contribution is 8.00. The van der Waals surface area contributed by atoms with Crippen molar-refractivity contribution in [3.8, 4) is 5.75 Å². The predicted molar refractivity (Wildman–Crippen MR) is 123 cm³/mol. The second-order valence-electron chi connectivity index (χ2n) is 8.54. The molecule has 3 aliphatic rings. The summed E-state index contributed by atoms with van der Waals surface area (Å²) in [6, 6.07) is 14.1. The average molecular weight is 437 g/mol. The molecule has 2 amide bonds. The number of thioether (sulfide) groups is 1. The van der Waals surface area contributed by atoms with E-state index in [9.17, 15) is 9.59 Å². The number of anilines is 1. The van der Waals surface area contributed by atoms with Crippen molar-refractivity contribution in [3.63, 3.8) is 0 Å². The van der Waals surface area contributed by atoms with Crippen LogP contribution >= 0.6 is 11.8 Å². The van der Waals surface area contributed by atoms with Crippen LogP contribution in [0.25, 0.3) is 0 Å². The van der Waals surface area contributed by atoms with E-state index in [-0.39, 0.29) is 18.4 Å². The minimum absolute atomic E-state index is 0.00159. The second-order valence-corrected chi connectivity index (χ2v) is 9.59. The minimum Gasteiger partial charge on any atom is -0.476 e. The van der Waals surface area contributed by atoms with Crippen LogP contribution in [0.5, 0.6) is 5.75 Å². The van der Waals surface area contributed by atoms with E-state index in [1.54, 1.807) is 16.7 Å². The first kappa shape index (κ1) is 20.4. The Kier molecular flexibility index (Phi) is 5.90. The highest BCUT2D eigenvalue weighted by atomic mass is 32.2. The molecule has 2 aromatic carbocycles. The molecule has 6 heteroatoms. The standard InChI is InChI=1S/C25H28N2O3S/c28-24(17-31-20-12-11-18-7-6-8-19(18)15-20)27-16-23(25(29)26-13-4-1-5-14-26)30-22-10-3-2-9-21(22)27/h2-3,9-12,15,23H,1,4-8,13-14,16-17H2. The van der Waals surface area contributed by atoms with Crippen molar-refractivity contribution >= 4 is 29.3 Å². The molecule has 0 aromatic heterocycles. The number of carbonyl (C=O) groups is 2. The Morgan fingerprint density at radius 3 is 2.65 bits per heavy atom. The van der Waals surface area contributed by atoms with Gasteiger partial charge >= 0.3 is 0 Å². The lowest BCUT2D eigenvalue weighted by Gasteiger charge is -2.37. The van der Waals surface area contributed by atoms with Crippen LogP contribution in [0.3, 0.4) is 0 Å². The number of likely N-dealkylation sites (tertiary alicyclic amines) is 1. The van der Waals surface area contributed by atoms with Crippen LogP contribution in [0, 0.1) is 0 Å². The van der Waals surface area contributed by atoms with Gasteiger partial charge in [-0.25, -0.2) is 0 Å². The number of nitrogens with zero attached hydrogens (tertiary/aromatic N) is 2. The molecule has 0 radical (unpaired) electrons. The first-order chi connectivity index (χ1) is 15.2. The van der Waals surface area contributed by atoms with Crippen LogP contribution in [0.2, 0.25) is 0 Å². The number of ether oxygens (including phenoxy) is 1. The van der Waals surface area contributed by atoms with Crippen LogP contribution in [-0.2, 0) is 22.4 Å². The molecule has 2 aliphatic heterocycles. The van der Waals surface area contributed by atoms with Crippen molar-refractivity contribution in [2.75, 3.05) is 30.3 Å². The van der Waals surface area contributed by atoms with Gasteiger partial charge in [-0.2, -0.15) is 0 Å². The molecule has 1 unspecified atom stereocenters. The number of piperidine rings is 1. The van der Waals surface area contributed by atoms with E-state index < -0.39 is 6.10 Å². The molecule has 0 bridgehead atoms. The molecule has 5 nitrogen and oxygen atoms in total. The van der Waals surface area contributed by atoms with Gasteiger partial charge in [0.25, 0.3) is 5.91 Å². The minimum atomic E-state index is -0.637. The third-order valence-corrected chi connectivity index (χ3v) is 7.43. The fraction of sp³-hybridized carbons (Fsp3) is 0.440. The molecule has 0 N–H and O–H groups in total. The normalized spacial score (nSPS) is 20.1. The lowest BCUT2D eigenvalue weighted by atomic mass is 10.1. The number of amides is 2. The van der Waals surface area contributed by atoms with Gasteiger partial charge in [0.2, 0.25) is 5.91 Å². The molecule has 1 aliphatic carbocycles. The number of para-hydroxylation sites is 2. The Morgan fingerprint density at radius 1 is 0.968 bits per heavy atom. The van der Waals surface area contributed by atoms with Gasteiger partial charge in [0, 0.05) is 18.0 Å². The van der Waals surface area contributed by atoms with Gasteiger partial charge in [-0.3, -0.25) is 9.59 Å². The monoisotopic (exact) mass is 436 g/mol. The van der Waals surface area contributed by atoms with E-state index in [2.05, 4.69) is 18.2 Å². The molecule has 1 atom stereocenters. The van der Waals surface area contributed by atoms with Crippen LogP contribution < -0.4 is 9.64 Å². The maximum absolute atomic E-state index is 13.2. The van der Waals surface area contributed by atoms with Crippen molar-refractivity contribution in [1.82, 2.24) is 4.90 Å². The summed E-state index contributed by atoms with van der Waals surface area (Å²) in [7, 11) is 0. The van der Waals surface area contributed by atoms with Crippen molar-refractivity contribution in [3.05, 3.63) is 53.6 Å². The Hall–Kier alpha value is -2.47. The third-order valence-electron chi connectivity index (χ3n) is 6.45. The molecule has 2 aromatic rings. The highest BCUT2D eigenvalue weighted by Crippen LogP contribution is 2.35. The van der Waals surface area contributed by atoms with Crippen molar-refractivity contribution < 1.29 is 14.3 Å². The highest BCUT2D eigenvalue weighted by Gasteiger charge is 2.36. The number of carbonyl (C=O) groups excluding carboxylic acids is 2. The maximum Gasteiger partial charge on any atom is 0.265 e. The summed E-state index contributed by atoms with van der Waals surface area (Å²) >= 11 is 1.57. The zero-order chi connectivity index (χ0) is 21.2. The van der Waals surface area contributed by atoms with E-state index >= 15 is 0 Å². The molecule has 31 heavy (non-hydrogen) atoms. The lowest BCUT2D eigenvalue weighted by molar-refractivity contribution is -0.139. The number of hydrogen-bond acceptors (Lipinski definition) is 4.